The summed E-state index contributed by atoms with van der Waals surface area (Å²) in [5, 5.41) is 20.8. The van der Waals surface area contributed by atoms with Gasteiger partial charge in [-0.25, -0.2) is 8.42 Å². The Hall–Kier alpha value is -2.36. The zero-order chi connectivity index (χ0) is 18.2. The van der Waals surface area contributed by atoms with Crippen LogP contribution < -0.4 is 9.46 Å². The fourth-order valence-electron chi connectivity index (χ4n) is 2.49. The number of hydrogen-bond donors (Lipinski definition) is 2. The number of nitro benzene ring substituents is 1. The van der Waals surface area contributed by atoms with E-state index in [9.17, 15) is 23.6 Å². The third kappa shape index (κ3) is 3.39. The summed E-state index contributed by atoms with van der Waals surface area (Å²) < 4.78 is 32.9. The summed E-state index contributed by atoms with van der Waals surface area (Å²) in [4.78, 5) is 9.88. The summed E-state index contributed by atoms with van der Waals surface area (Å²) in [6.45, 7) is 0.249. The van der Waals surface area contributed by atoms with Crippen molar-refractivity contribution in [3.8, 4) is 5.75 Å². The lowest BCUT2D eigenvalue weighted by Crippen LogP contribution is -2.18. The quantitative estimate of drug-likeness (QED) is 0.618. The van der Waals surface area contributed by atoms with E-state index in [0.29, 0.717) is 12.0 Å². The van der Waals surface area contributed by atoms with Gasteiger partial charge in [-0.15, -0.1) is 0 Å². The van der Waals surface area contributed by atoms with Gasteiger partial charge in [0.25, 0.3) is 15.7 Å². The van der Waals surface area contributed by atoms with Crippen LogP contribution in [0.15, 0.2) is 41.3 Å². The van der Waals surface area contributed by atoms with Crippen LogP contribution in [0.25, 0.3) is 0 Å². The lowest BCUT2D eigenvalue weighted by molar-refractivity contribution is -0.384. The molecule has 0 fully saturated rings. The molecule has 25 heavy (non-hydrogen) atoms. The van der Waals surface area contributed by atoms with Crippen LogP contribution in [0.1, 0.15) is 18.1 Å². The number of nitro groups is 1. The Kier molecular flexibility index (Phi) is 4.55. The summed E-state index contributed by atoms with van der Waals surface area (Å²) >= 11 is 5.71. The molecule has 0 aliphatic carbocycles. The van der Waals surface area contributed by atoms with Gasteiger partial charge in [-0.05, 0) is 18.2 Å². The normalized spacial score (nSPS) is 16.6. The highest BCUT2D eigenvalue weighted by Gasteiger charge is 2.26. The topological polar surface area (TPSA) is 119 Å². The number of rotatable bonds is 4. The number of aliphatic hydroxyl groups excluding tert-OH is 1. The van der Waals surface area contributed by atoms with Gasteiger partial charge in [-0.1, -0.05) is 23.7 Å². The summed E-state index contributed by atoms with van der Waals surface area (Å²) in [5.74, 6) is 0.244. The maximum Gasteiger partial charge on any atom is 0.289 e. The van der Waals surface area contributed by atoms with Gasteiger partial charge >= 0.3 is 0 Å². The minimum Gasteiger partial charge on any atom is -0.491 e. The van der Waals surface area contributed by atoms with E-state index in [0.717, 1.165) is 12.1 Å². The number of nitrogens with one attached hydrogen (secondary N) is 1. The third-order valence-electron chi connectivity index (χ3n) is 3.71. The largest absolute Gasteiger partial charge is 0.491 e. The van der Waals surface area contributed by atoms with E-state index in [-0.39, 0.29) is 28.0 Å². The van der Waals surface area contributed by atoms with E-state index in [1.165, 1.54) is 12.1 Å². The number of benzene rings is 2. The number of fused-ring (bicyclic) bond motifs is 1. The molecule has 0 aromatic heterocycles. The Bertz CT molecular complexity index is 947. The van der Waals surface area contributed by atoms with E-state index in [1.807, 2.05) is 0 Å². The Labute approximate surface area is 148 Å². The fourth-order valence-corrected chi connectivity index (χ4v) is 3.76. The molecule has 0 radical (unpaired) electrons. The van der Waals surface area contributed by atoms with E-state index in [2.05, 4.69) is 4.72 Å². The molecule has 132 valence electrons. The maximum atomic E-state index is 12.6. The number of para-hydroxylation sites is 1. The fraction of sp³-hybridized carbons (Fsp3) is 0.200. The summed E-state index contributed by atoms with van der Waals surface area (Å²) in [5.41, 5.74) is 0.119. The standard InChI is InChI=1S/C15H13ClN2O6S/c16-11-5-4-9(8-13(11)18(20)21)25(22,23)17-12-3-1-2-10-14(19)6-7-24-15(10)12/h1-5,8,14,17,19H,6-7H2/t14-/m0/s1. The van der Waals surface area contributed by atoms with Crippen LogP contribution in [0.3, 0.4) is 0 Å². The second-order valence-electron chi connectivity index (χ2n) is 5.35. The molecule has 0 saturated carbocycles. The number of hydrogen-bond acceptors (Lipinski definition) is 6. The molecule has 0 amide bonds. The molecule has 0 bridgehead atoms. The molecule has 2 N–H and O–H groups in total. The number of ether oxygens (including phenoxy) is 1. The first-order valence-electron chi connectivity index (χ1n) is 7.20. The number of aliphatic hydroxyl groups is 1. The first-order chi connectivity index (χ1) is 11.8. The first-order valence-corrected chi connectivity index (χ1v) is 9.06. The van der Waals surface area contributed by atoms with Crippen LogP contribution in [0, 0.1) is 10.1 Å². The van der Waals surface area contributed by atoms with Gasteiger partial charge in [0.05, 0.1) is 28.2 Å². The molecule has 8 nitrogen and oxygen atoms in total. The minimum atomic E-state index is -4.11. The molecule has 0 unspecified atom stereocenters. The highest BCUT2D eigenvalue weighted by Crippen LogP contribution is 2.39. The van der Waals surface area contributed by atoms with Gasteiger partial charge in [0.1, 0.15) is 10.8 Å². The van der Waals surface area contributed by atoms with Gasteiger partial charge < -0.3 is 9.84 Å². The van der Waals surface area contributed by atoms with E-state index < -0.39 is 26.7 Å². The smallest absolute Gasteiger partial charge is 0.289 e. The van der Waals surface area contributed by atoms with Crippen LogP contribution in [0.4, 0.5) is 11.4 Å². The van der Waals surface area contributed by atoms with Crippen molar-refractivity contribution >= 4 is 33.0 Å². The van der Waals surface area contributed by atoms with Crippen LogP contribution in [-0.2, 0) is 10.0 Å². The van der Waals surface area contributed by atoms with Crippen molar-refractivity contribution in [3.63, 3.8) is 0 Å². The van der Waals surface area contributed by atoms with Crippen molar-refractivity contribution in [2.45, 2.75) is 17.4 Å². The number of halogens is 1. The average molecular weight is 385 g/mol. The zero-order valence-electron chi connectivity index (χ0n) is 12.7. The van der Waals surface area contributed by atoms with Gasteiger partial charge in [0, 0.05) is 18.1 Å². The van der Waals surface area contributed by atoms with Crippen LogP contribution in [-0.4, -0.2) is 25.1 Å². The molecule has 1 atom stereocenters. The summed E-state index contributed by atoms with van der Waals surface area (Å²) in [6.07, 6.45) is -0.336. The number of sulfonamides is 1. The van der Waals surface area contributed by atoms with Gasteiger partial charge in [-0.3, -0.25) is 14.8 Å². The van der Waals surface area contributed by atoms with Crippen LogP contribution in [0.2, 0.25) is 5.02 Å². The van der Waals surface area contributed by atoms with Crippen molar-refractivity contribution in [3.05, 3.63) is 57.1 Å². The van der Waals surface area contributed by atoms with Gasteiger partial charge in [-0.2, -0.15) is 0 Å². The van der Waals surface area contributed by atoms with E-state index in [1.54, 1.807) is 12.1 Å². The molecule has 0 saturated heterocycles. The molecule has 1 aliphatic heterocycles. The lowest BCUT2D eigenvalue weighted by atomic mass is 10.0. The summed E-state index contributed by atoms with van der Waals surface area (Å²) in [6, 6.07) is 7.91. The molecule has 2 aromatic carbocycles. The van der Waals surface area contributed by atoms with Gasteiger partial charge in [0.15, 0.2) is 0 Å². The van der Waals surface area contributed by atoms with Crippen molar-refractivity contribution in [2.75, 3.05) is 11.3 Å². The van der Waals surface area contributed by atoms with Crippen molar-refractivity contribution in [2.24, 2.45) is 0 Å². The first kappa shape index (κ1) is 17.5. The number of anilines is 1. The Morgan fingerprint density at radius 2 is 2.08 bits per heavy atom. The predicted octanol–water partition coefficient (Wildman–Crippen LogP) is 2.86. The Balaban J connectivity index is 2.00. The van der Waals surface area contributed by atoms with Crippen molar-refractivity contribution in [1.82, 2.24) is 0 Å². The minimum absolute atomic E-state index is 0.147. The molecular formula is C15H13ClN2O6S. The van der Waals surface area contributed by atoms with Crippen molar-refractivity contribution in [1.29, 1.82) is 0 Å². The molecule has 3 rings (SSSR count). The van der Waals surface area contributed by atoms with Crippen LogP contribution >= 0.6 is 11.6 Å². The number of nitrogens with zero attached hydrogens (tertiary/aromatic N) is 1. The zero-order valence-corrected chi connectivity index (χ0v) is 14.2. The van der Waals surface area contributed by atoms with Crippen LogP contribution in [0.5, 0.6) is 5.75 Å². The van der Waals surface area contributed by atoms with Crippen molar-refractivity contribution < 1.29 is 23.2 Å². The highest BCUT2D eigenvalue weighted by atomic mass is 35.5. The maximum absolute atomic E-state index is 12.6. The SMILES string of the molecule is O=[N+]([O-])c1cc(S(=O)(=O)Nc2cccc3c2OCC[C@@H]3O)ccc1Cl. The van der Waals surface area contributed by atoms with E-state index in [4.69, 9.17) is 16.3 Å². The summed E-state index contributed by atoms with van der Waals surface area (Å²) in [7, 11) is -4.11. The second kappa shape index (κ2) is 6.51. The molecule has 1 heterocycles. The Morgan fingerprint density at radius 1 is 1.32 bits per heavy atom. The average Bonchev–Trinajstić information content (AvgIpc) is 2.55. The third-order valence-corrected chi connectivity index (χ3v) is 5.39. The predicted molar refractivity (Wildman–Crippen MR) is 90.4 cm³/mol. The highest BCUT2D eigenvalue weighted by molar-refractivity contribution is 7.92. The Morgan fingerprint density at radius 3 is 2.80 bits per heavy atom. The monoisotopic (exact) mass is 384 g/mol. The van der Waals surface area contributed by atoms with Gasteiger partial charge in [0.2, 0.25) is 0 Å². The molecular weight excluding hydrogens is 372 g/mol. The molecule has 0 spiro atoms. The molecule has 10 heteroatoms. The van der Waals surface area contributed by atoms with E-state index >= 15 is 0 Å². The molecule has 1 aliphatic rings. The molecule has 2 aromatic rings. The lowest BCUT2D eigenvalue weighted by Gasteiger charge is -2.24. The second-order valence-corrected chi connectivity index (χ2v) is 7.44.